The van der Waals surface area contributed by atoms with E-state index in [0.29, 0.717) is 6.04 Å². The van der Waals surface area contributed by atoms with E-state index in [-0.39, 0.29) is 0 Å². The number of nitrogens with one attached hydrogen (secondary N) is 1. The molecular weight excluding hydrogens is 357 g/mol. The minimum atomic E-state index is 0.634. The molecule has 0 amide bonds. The molecule has 0 unspecified atom stereocenters. The van der Waals surface area contributed by atoms with Crippen molar-refractivity contribution in [1.82, 2.24) is 0 Å². The number of hydrogen-bond donors (Lipinski definition) is 1. The molecule has 2 heteroatoms. The highest BCUT2D eigenvalue weighted by molar-refractivity contribution is 14.1. The Bertz CT molecular complexity index is 527. The van der Waals surface area contributed by atoms with Crippen molar-refractivity contribution >= 4 is 28.3 Å². The lowest BCUT2D eigenvalue weighted by Crippen LogP contribution is -2.25. The quantitative estimate of drug-likeness (QED) is 0.704. The monoisotopic (exact) mass is 377 g/mol. The summed E-state index contributed by atoms with van der Waals surface area (Å²) in [4.78, 5) is 0. The van der Waals surface area contributed by atoms with Crippen LogP contribution in [0, 0.1) is 3.57 Å². The number of hydrogen-bond acceptors (Lipinski definition) is 1. The molecular formula is C18H20IN. The summed E-state index contributed by atoms with van der Waals surface area (Å²) < 4.78 is 1.29. The van der Waals surface area contributed by atoms with Crippen LogP contribution >= 0.6 is 22.6 Å². The molecule has 20 heavy (non-hydrogen) atoms. The van der Waals surface area contributed by atoms with Crippen LogP contribution in [0.15, 0.2) is 54.6 Å². The summed E-state index contributed by atoms with van der Waals surface area (Å²) in [5.41, 5.74) is 2.77. The lowest BCUT2D eigenvalue weighted by molar-refractivity contribution is 0.412. The van der Waals surface area contributed by atoms with E-state index in [2.05, 4.69) is 82.5 Å². The van der Waals surface area contributed by atoms with Crippen molar-refractivity contribution in [2.24, 2.45) is 0 Å². The van der Waals surface area contributed by atoms with E-state index in [1.54, 1.807) is 0 Å². The van der Waals surface area contributed by atoms with E-state index >= 15 is 0 Å². The molecule has 0 heterocycles. The van der Waals surface area contributed by atoms with Gasteiger partial charge in [0.1, 0.15) is 0 Å². The van der Waals surface area contributed by atoms with Crippen LogP contribution in [0.25, 0.3) is 0 Å². The second-order valence-electron chi connectivity index (χ2n) is 5.61. The summed E-state index contributed by atoms with van der Waals surface area (Å²) in [6.45, 7) is 0. The second kappa shape index (κ2) is 6.61. The fourth-order valence-electron chi connectivity index (χ4n) is 3.08. The first kappa shape index (κ1) is 13.9. The molecule has 2 aromatic rings. The third kappa shape index (κ3) is 3.54. The number of halogens is 1. The normalized spacial score (nSPS) is 22.4. The topological polar surface area (TPSA) is 12.0 Å². The van der Waals surface area contributed by atoms with Gasteiger partial charge >= 0.3 is 0 Å². The van der Waals surface area contributed by atoms with Crippen LogP contribution in [0.5, 0.6) is 0 Å². The van der Waals surface area contributed by atoms with Crippen LogP contribution in [0.2, 0.25) is 0 Å². The molecule has 0 saturated heterocycles. The van der Waals surface area contributed by atoms with E-state index in [4.69, 9.17) is 0 Å². The average Bonchev–Trinajstić information content (AvgIpc) is 2.51. The zero-order valence-corrected chi connectivity index (χ0v) is 13.7. The van der Waals surface area contributed by atoms with Crippen LogP contribution in [-0.4, -0.2) is 6.04 Å². The highest BCUT2D eigenvalue weighted by Gasteiger charge is 2.21. The molecule has 3 rings (SSSR count). The summed E-state index contributed by atoms with van der Waals surface area (Å²) in [5, 5.41) is 3.68. The van der Waals surface area contributed by atoms with Gasteiger partial charge in [-0.2, -0.15) is 0 Å². The molecule has 1 aliphatic rings. The molecule has 0 atom stereocenters. The maximum Gasteiger partial charge on any atom is 0.0343 e. The Morgan fingerprint density at radius 3 is 2.10 bits per heavy atom. The van der Waals surface area contributed by atoms with Crippen LogP contribution in [-0.2, 0) is 0 Å². The van der Waals surface area contributed by atoms with E-state index in [9.17, 15) is 0 Å². The number of anilines is 1. The van der Waals surface area contributed by atoms with Gasteiger partial charge in [-0.1, -0.05) is 30.3 Å². The summed E-state index contributed by atoms with van der Waals surface area (Å²) in [5.74, 6) is 0.756. The molecule has 1 saturated carbocycles. The van der Waals surface area contributed by atoms with Crippen molar-refractivity contribution in [3.63, 3.8) is 0 Å². The van der Waals surface area contributed by atoms with Gasteiger partial charge in [0, 0.05) is 15.3 Å². The van der Waals surface area contributed by atoms with Crippen molar-refractivity contribution in [1.29, 1.82) is 0 Å². The maximum atomic E-state index is 3.68. The summed E-state index contributed by atoms with van der Waals surface area (Å²) in [7, 11) is 0. The van der Waals surface area contributed by atoms with Gasteiger partial charge in [-0.25, -0.2) is 0 Å². The molecule has 0 bridgehead atoms. The lowest BCUT2D eigenvalue weighted by Gasteiger charge is -2.30. The van der Waals surface area contributed by atoms with Crippen LogP contribution < -0.4 is 5.32 Å². The SMILES string of the molecule is Ic1ccc(NC2CCC(c3ccccc3)CC2)cc1. The van der Waals surface area contributed by atoms with Crippen LogP contribution in [0.1, 0.15) is 37.2 Å². The van der Waals surface area contributed by atoms with Gasteiger partial charge in [0.05, 0.1) is 0 Å². The average molecular weight is 377 g/mol. The van der Waals surface area contributed by atoms with Gasteiger partial charge in [0.2, 0.25) is 0 Å². The highest BCUT2D eigenvalue weighted by Crippen LogP contribution is 2.33. The third-order valence-electron chi connectivity index (χ3n) is 4.21. The van der Waals surface area contributed by atoms with Crippen molar-refractivity contribution in [2.45, 2.75) is 37.6 Å². The fourth-order valence-corrected chi connectivity index (χ4v) is 3.44. The van der Waals surface area contributed by atoms with E-state index in [0.717, 1.165) is 5.92 Å². The first-order valence-corrected chi connectivity index (χ1v) is 8.46. The van der Waals surface area contributed by atoms with Gasteiger partial charge in [-0.05, 0) is 84.0 Å². The predicted octanol–water partition coefficient (Wildman–Crippen LogP) is 5.43. The molecule has 2 aromatic carbocycles. The van der Waals surface area contributed by atoms with Crippen LogP contribution in [0.3, 0.4) is 0 Å². The minimum Gasteiger partial charge on any atom is -0.382 e. The van der Waals surface area contributed by atoms with Crippen molar-refractivity contribution in [3.8, 4) is 0 Å². The Hall–Kier alpha value is -1.03. The van der Waals surface area contributed by atoms with E-state index in [1.807, 2.05) is 0 Å². The zero-order valence-electron chi connectivity index (χ0n) is 11.6. The van der Waals surface area contributed by atoms with Gasteiger partial charge < -0.3 is 5.32 Å². The third-order valence-corrected chi connectivity index (χ3v) is 4.93. The van der Waals surface area contributed by atoms with Gasteiger partial charge in [0.25, 0.3) is 0 Å². The largest absolute Gasteiger partial charge is 0.382 e. The second-order valence-corrected chi connectivity index (χ2v) is 6.86. The van der Waals surface area contributed by atoms with E-state index in [1.165, 1.54) is 40.5 Å². The van der Waals surface area contributed by atoms with Gasteiger partial charge in [0.15, 0.2) is 0 Å². The molecule has 104 valence electrons. The Morgan fingerprint density at radius 2 is 1.45 bits per heavy atom. The van der Waals surface area contributed by atoms with E-state index < -0.39 is 0 Å². The minimum absolute atomic E-state index is 0.634. The standard InChI is InChI=1S/C18H20IN/c19-16-8-12-18(13-9-16)20-17-10-6-15(7-11-17)14-4-2-1-3-5-14/h1-5,8-9,12-13,15,17,20H,6-7,10-11H2. The Labute approximate surface area is 134 Å². The molecule has 0 aromatic heterocycles. The smallest absolute Gasteiger partial charge is 0.0343 e. The fraction of sp³-hybridized carbons (Fsp3) is 0.333. The zero-order chi connectivity index (χ0) is 13.8. The molecule has 0 spiro atoms. The first-order valence-electron chi connectivity index (χ1n) is 7.38. The van der Waals surface area contributed by atoms with Crippen molar-refractivity contribution < 1.29 is 0 Å². The van der Waals surface area contributed by atoms with Gasteiger partial charge in [-0.15, -0.1) is 0 Å². The summed E-state index contributed by atoms with van der Waals surface area (Å²) in [6.07, 6.45) is 5.13. The molecule has 1 aliphatic carbocycles. The predicted molar refractivity (Wildman–Crippen MR) is 94.2 cm³/mol. The Morgan fingerprint density at radius 1 is 0.800 bits per heavy atom. The summed E-state index contributed by atoms with van der Waals surface area (Å²) in [6, 6.07) is 20.3. The lowest BCUT2D eigenvalue weighted by atomic mass is 9.82. The number of benzene rings is 2. The van der Waals surface area contributed by atoms with Crippen molar-refractivity contribution in [2.75, 3.05) is 5.32 Å². The van der Waals surface area contributed by atoms with Crippen molar-refractivity contribution in [3.05, 3.63) is 63.7 Å². The summed E-state index contributed by atoms with van der Waals surface area (Å²) >= 11 is 2.35. The maximum absolute atomic E-state index is 3.68. The Balaban J connectivity index is 1.55. The highest BCUT2D eigenvalue weighted by atomic mass is 127. The first-order chi connectivity index (χ1) is 9.81. The molecule has 1 N–H and O–H groups in total. The molecule has 1 nitrogen and oxygen atoms in total. The Kier molecular flexibility index (Phi) is 4.61. The molecule has 1 fully saturated rings. The number of rotatable bonds is 3. The van der Waals surface area contributed by atoms with Gasteiger partial charge in [-0.3, -0.25) is 0 Å². The van der Waals surface area contributed by atoms with Crippen LogP contribution in [0.4, 0.5) is 5.69 Å². The molecule has 0 radical (unpaired) electrons. The molecule has 0 aliphatic heterocycles.